The molecule has 0 unspecified atom stereocenters. The summed E-state index contributed by atoms with van der Waals surface area (Å²) >= 11 is 1.36. The number of nitro benzene ring substituents is 1. The van der Waals surface area contributed by atoms with Crippen molar-refractivity contribution in [2.24, 2.45) is 4.99 Å². The largest absolute Gasteiger partial charge is 0.486 e. The van der Waals surface area contributed by atoms with E-state index in [1.54, 1.807) is 0 Å². The Balaban J connectivity index is 1.81. The summed E-state index contributed by atoms with van der Waals surface area (Å²) in [5.74, 6) is 0.824. The first-order valence-corrected chi connectivity index (χ1v) is 9.15. The maximum atomic E-state index is 12.5. The van der Waals surface area contributed by atoms with E-state index in [2.05, 4.69) is 4.99 Å². The topological polar surface area (TPSA) is 96.0 Å². The molecule has 0 spiro atoms. The molecule has 138 valence electrons. The molecule has 0 fully saturated rings. The maximum absolute atomic E-state index is 12.5. The third-order valence-electron chi connectivity index (χ3n) is 4.16. The number of carbonyl (C=O) groups excluding carboxylic acids is 1. The van der Waals surface area contributed by atoms with Gasteiger partial charge in [-0.1, -0.05) is 17.4 Å². The zero-order chi connectivity index (χ0) is 19.0. The number of nitro groups is 1. The molecular weight excluding hydrogens is 370 g/mol. The molecule has 27 heavy (non-hydrogen) atoms. The number of nitrogens with zero attached hydrogens (tertiary/aromatic N) is 3. The number of ether oxygens (including phenoxy) is 2. The Labute approximate surface area is 157 Å². The monoisotopic (exact) mass is 385 g/mol. The Kier molecular flexibility index (Phi) is 4.36. The van der Waals surface area contributed by atoms with E-state index in [0.29, 0.717) is 36.1 Å². The number of amides is 1. The summed E-state index contributed by atoms with van der Waals surface area (Å²) in [4.78, 5) is 27.6. The molecule has 0 saturated carbocycles. The van der Waals surface area contributed by atoms with Gasteiger partial charge in [0, 0.05) is 36.4 Å². The molecule has 1 aliphatic rings. The van der Waals surface area contributed by atoms with E-state index >= 15 is 0 Å². The Morgan fingerprint density at radius 3 is 2.70 bits per heavy atom. The lowest BCUT2D eigenvalue weighted by Gasteiger charge is -2.18. The summed E-state index contributed by atoms with van der Waals surface area (Å²) in [6.07, 6.45) is 0. The fraction of sp³-hybridized carbons (Fsp3) is 0.222. The number of aryl methyl sites for hydroxylation is 1. The highest BCUT2D eigenvalue weighted by molar-refractivity contribution is 7.16. The van der Waals surface area contributed by atoms with Gasteiger partial charge in [0.1, 0.15) is 13.2 Å². The molecule has 2 aromatic carbocycles. The van der Waals surface area contributed by atoms with Crippen LogP contribution in [0.4, 0.5) is 5.69 Å². The third-order valence-corrected chi connectivity index (χ3v) is 5.21. The summed E-state index contributed by atoms with van der Waals surface area (Å²) in [6, 6.07) is 9.34. The van der Waals surface area contributed by atoms with Gasteiger partial charge >= 0.3 is 0 Å². The molecule has 0 atom stereocenters. The van der Waals surface area contributed by atoms with E-state index in [1.807, 2.05) is 23.6 Å². The second kappa shape index (κ2) is 6.84. The van der Waals surface area contributed by atoms with E-state index in [4.69, 9.17) is 9.47 Å². The molecule has 1 amide bonds. The third kappa shape index (κ3) is 3.17. The maximum Gasteiger partial charge on any atom is 0.279 e. The molecule has 0 radical (unpaired) electrons. The fourth-order valence-electron chi connectivity index (χ4n) is 2.90. The molecule has 1 aliphatic heterocycles. The lowest BCUT2D eigenvalue weighted by molar-refractivity contribution is -0.384. The minimum Gasteiger partial charge on any atom is -0.486 e. The lowest BCUT2D eigenvalue weighted by atomic mass is 10.2. The van der Waals surface area contributed by atoms with Crippen LogP contribution in [0.3, 0.4) is 0 Å². The highest BCUT2D eigenvalue weighted by Gasteiger charge is 2.17. The van der Waals surface area contributed by atoms with Gasteiger partial charge in [-0.05, 0) is 13.0 Å². The smallest absolute Gasteiger partial charge is 0.279 e. The van der Waals surface area contributed by atoms with Crippen LogP contribution in [-0.2, 0) is 6.54 Å². The first-order chi connectivity index (χ1) is 13.1. The Hall–Kier alpha value is -3.20. The number of non-ortho nitro benzene ring substituents is 1. The van der Waals surface area contributed by atoms with Crippen LogP contribution < -0.4 is 14.3 Å². The second-order valence-electron chi connectivity index (χ2n) is 5.82. The van der Waals surface area contributed by atoms with Crippen LogP contribution in [0.25, 0.3) is 10.2 Å². The normalized spacial score (nSPS) is 13.7. The number of carbonyl (C=O) groups is 1. The van der Waals surface area contributed by atoms with Gasteiger partial charge in [-0.2, -0.15) is 4.99 Å². The van der Waals surface area contributed by atoms with Crippen LogP contribution in [0, 0.1) is 10.1 Å². The van der Waals surface area contributed by atoms with Crippen molar-refractivity contribution in [1.82, 2.24) is 4.57 Å². The molecule has 0 bridgehead atoms. The van der Waals surface area contributed by atoms with Crippen LogP contribution in [0.5, 0.6) is 11.5 Å². The predicted molar refractivity (Wildman–Crippen MR) is 99.5 cm³/mol. The molecule has 9 heteroatoms. The summed E-state index contributed by atoms with van der Waals surface area (Å²) in [5, 5.41) is 10.9. The lowest BCUT2D eigenvalue weighted by Crippen LogP contribution is -2.17. The van der Waals surface area contributed by atoms with Gasteiger partial charge in [0.25, 0.3) is 11.6 Å². The SMILES string of the molecule is CCn1c(=NC(=O)c2cccc([N+](=O)[O-])c2)sc2cc3c(cc21)OCCO3. The van der Waals surface area contributed by atoms with Crippen LogP contribution >= 0.6 is 11.3 Å². The minimum atomic E-state index is -0.535. The molecule has 0 N–H and O–H groups in total. The van der Waals surface area contributed by atoms with Crippen molar-refractivity contribution in [3.8, 4) is 11.5 Å². The molecular formula is C18H15N3O5S. The number of rotatable bonds is 3. The van der Waals surface area contributed by atoms with Crippen molar-refractivity contribution in [2.45, 2.75) is 13.5 Å². The summed E-state index contributed by atoms with van der Waals surface area (Å²) in [6.45, 7) is 3.57. The van der Waals surface area contributed by atoms with Gasteiger partial charge in [0.05, 0.1) is 15.1 Å². The number of thiazole rings is 1. The van der Waals surface area contributed by atoms with E-state index in [1.165, 1.54) is 35.6 Å². The Morgan fingerprint density at radius 2 is 2.00 bits per heavy atom. The van der Waals surface area contributed by atoms with Crippen molar-refractivity contribution >= 4 is 33.1 Å². The Bertz CT molecular complexity index is 1130. The van der Waals surface area contributed by atoms with Crippen molar-refractivity contribution < 1.29 is 19.2 Å². The van der Waals surface area contributed by atoms with E-state index in [9.17, 15) is 14.9 Å². The first-order valence-electron chi connectivity index (χ1n) is 8.33. The summed E-state index contributed by atoms with van der Waals surface area (Å²) < 4.78 is 14.1. The fourth-order valence-corrected chi connectivity index (χ4v) is 4.00. The first kappa shape index (κ1) is 17.2. The van der Waals surface area contributed by atoms with Crippen LogP contribution in [0.15, 0.2) is 41.4 Å². The van der Waals surface area contributed by atoms with Crippen LogP contribution in [0.2, 0.25) is 0 Å². The average molecular weight is 385 g/mol. The molecule has 2 heterocycles. The standard InChI is InChI=1S/C18H15N3O5S/c1-2-20-13-9-14-15(26-7-6-25-14)10-16(13)27-18(20)19-17(22)11-4-3-5-12(8-11)21(23)24/h3-5,8-10H,2,6-7H2,1H3. The number of hydrogen-bond acceptors (Lipinski definition) is 6. The van der Waals surface area contributed by atoms with E-state index < -0.39 is 10.8 Å². The van der Waals surface area contributed by atoms with Crippen molar-refractivity contribution in [1.29, 1.82) is 0 Å². The summed E-state index contributed by atoms with van der Waals surface area (Å²) in [7, 11) is 0. The predicted octanol–water partition coefficient (Wildman–Crippen LogP) is 3.14. The van der Waals surface area contributed by atoms with Gasteiger partial charge in [-0.15, -0.1) is 0 Å². The van der Waals surface area contributed by atoms with Gasteiger partial charge in [0.15, 0.2) is 16.3 Å². The zero-order valence-corrected chi connectivity index (χ0v) is 15.2. The summed E-state index contributed by atoms with van der Waals surface area (Å²) in [5.41, 5.74) is 0.936. The molecule has 8 nitrogen and oxygen atoms in total. The van der Waals surface area contributed by atoms with Crippen LogP contribution in [0.1, 0.15) is 17.3 Å². The number of benzene rings is 2. The van der Waals surface area contributed by atoms with E-state index in [-0.39, 0.29) is 11.3 Å². The molecule has 0 saturated heterocycles. The number of fused-ring (bicyclic) bond motifs is 2. The highest BCUT2D eigenvalue weighted by atomic mass is 32.1. The molecule has 3 aromatic rings. The molecule has 1 aromatic heterocycles. The van der Waals surface area contributed by atoms with Crippen molar-refractivity contribution in [3.63, 3.8) is 0 Å². The molecule has 0 aliphatic carbocycles. The van der Waals surface area contributed by atoms with Gasteiger partial charge in [-0.25, -0.2) is 0 Å². The number of aromatic nitrogens is 1. The van der Waals surface area contributed by atoms with E-state index in [0.717, 1.165) is 10.2 Å². The van der Waals surface area contributed by atoms with Gasteiger partial charge in [0.2, 0.25) is 0 Å². The zero-order valence-electron chi connectivity index (χ0n) is 14.4. The Morgan fingerprint density at radius 1 is 1.26 bits per heavy atom. The van der Waals surface area contributed by atoms with Crippen molar-refractivity contribution in [2.75, 3.05) is 13.2 Å². The number of hydrogen-bond donors (Lipinski definition) is 0. The average Bonchev–Trinajstić information content (AvgIpc) is 3.01. The quantitative estimate of drug-likeness (QED) is 0.510. The van der Waals surface area contributed by atoms with Gasteiger partial charge < -0.3 is 14.0 Å². The van der Waals surface area contributed by atoms with Crippen LogP contribution in [-0.4, -0.2) is 28.6 Å². The second-order valence-corrected chi connectivity index (χ2v) is 6.83. The van der Waals surface area contributed by atoms with Crippen molar-refractivity contribution in [3.05, 3.63) is 56.9 Å². The van der Waals surface area contributed by atoms with Gasteiger partial charge in [-0.3, -0.25) is 14.9 Å². The minimum absolute atomic E-state index is 0.141. The molecule has 4 rings (SSSR count). The highest BCUT2D eigenvalue weighted by Crippen LogP contribution is 2.35.